The van der Waals surface area contributed by atoms with Gasteiger partial charge in [-0.05, 0) is 25.7 Å². The highest BCUT2D eigenvalue weighted by molar-refractivity contribution is 5.94. The second-order valence-electron chi connectivity index (χ2n) is 8.40. The van der Waals surface area contributed by atoms with Crippen LogP contribution in [0.5, 0.6) is 0 Å². The van der Waals surface area contributed by atoms with Crippen LogP contribution in [-0.2, 0) is 34.3 Å². The highest BCUT2D eigenvalue weighted by atomic mass is 16.5. The van der Waals surface area contributed by atoms with Crippen LogP contribution in [0.3, 0.4) is 0 Å². The molecule has 0 spiro atoms. The summed E-state index contributed by atoms with van der Waals surface area (Å²) in [7, 11) is 1.86. The summed E-state index contributed by atoms with van der Waals surface area (Å²) in [5, 5.41) is 7.34. The van der Waals surface area contributed by atoms with E-state index >= 15 is 0 Å². The predicted molar refractivity (Wildman–Crippen MR) is 109 cm³/mol. The predicted octanol–water partition coefficient (Wildman–Crippen LogP) is 0.616. The van der Waals surface area contributed by atoms with E-state index in [0.717, 1.165) is 56.6 Å². The lowest BCUT2D eigenvalue weighted by Gasteiger charge is -2.28. The van der Waals surface area contributed by atoms with Gasteiger partial charge in [-0.15, -0.1) is 0 Å². The number of hydrogen-bond acceptors (Lipinski definition) is 5. The highest BCUT2D eigenvalue weighted by Crippen LogP contribution is 2.25. The number of ether oxygens (including phenoxy) is 1. The standard InChI is InChI=1S/C21H31N5O4/c1-24-17-8-11-26(14-16(17)20(23-24)21(29)25-9-2-3-10-25)19(28)7-6-18(27)22-13-15-5-4-12-30-15/h15H,2-14H2,1H3,(H,22,27)/t15-/m0/s1. The van der Waals surface area contributed by atoms with Crippen LogP contribution in [0.25, 0.3) is 0 Å². The molecule has 2 saturated heterocycles. The maximum absolute atomic E-state index is 12.9. The molecule has 1 aromatic rings. The molecule has 1 N–H and O–H groups in total. The maximum atomic E-state index is 12.9. The second-order valence-corrected chi connectivity index (χ2v) is 8.40. The molecule has 9 heteroatoms. The molecule has 0 aliphatic carbocycles. The van der Waals surface area contributed by atoms with Crippen LogP contribution >= 0.6 is 0 Å². The van der Waals surface area contributed by atoms with E-state index in [1.165, 1.54) is 0 Å². The Morgan fingerprint density at radius 1 is 1.10 bits per heavy atom. The first-order valence-electron chi connectivity index (χ1n) is 11.0. The average Bonchev–Trinajstić information content (AvgIpc) is 3.51. The van der Waals surface area contributed by atoms with Gasteiger partial charge in [0.15, 0.2) is 5.69 Å². The molecule has 0 radical (unpaired) electrons. The molecule has 30 heavy (non-hydrogen) atoms. The van der Waals surface area contributed by atoms with Gasteiger partial charge in [0.05, 0.1) is 6.10 Å². The first-order chi connectivity index (χ1) is 14.5. The summed E-state index contributed by atoms with van der Waals surface area (Å²) in [6.07, 6.45) is 5.17. The molecule has 9 nitrogen and oxygen atoms in total. The van der Waals surface area contributed by atoms with Crippen molar-refractivity contribution in [1.29, 1.82) is 0 Å². The van der Waals surface area contributed by atoms with Gasteiger partial charge in [0.1, 0.15) is 0 Å². The zero-order valence-corrected chi connectivity index (χ0v) is 17.7. The molecule has 0 aromatic carbocycles. The summed E-state index contributed by atoms with van der Waals surface area (Å²) in [6, 6.07) is 0. The van der Waals surface area contributed by atoms with Crippen molar-refractivity contribution < 1.29 is 19.1 Å². The molecule has 2 fully saturated rings. The molecule has 0 bridgehead atoms. The molecule has 164 valence electrons. The van der Waals surface area contributed by atoms with Crippen LogP contribution in [0, 0.1) is 0 Å². The van der Waals surface area contributed by atoms with Gasteiger partial charge in [0.25, 0.3) is 5.91 Å². The Hall–Kier alpha value is -2.42. The minimum Gasteiger partial charge on any atom is -0.376 e. The smallest absolute Gasteiger partial charge is 0.274 e. The monoisotopic (exact) mass is 417 g/mol. The molecule has 0 saturated carbocycles. The minimum atomic E-state index is -0.122. The van der Waals surface area contributed by atoms with Crippen molar-refractivity contribution in [3.63, 3.8) is 0 Å². The SMILES string of the molecule is Cn1nc(C(=O)N2CCCC2)c2c1CCN(C(=O)CCC(=O)NC[C@@H]1CCCO1)C2. The van der Waals surface area contributed by atoms with Crippen molar-refractivity contribution in [2.75, 3.05) is 32.8 Å². The number of carbonyl (C=O) groups is 3. The summed E-state index contributed by atoms with van der Waals surface area (Å²) in [4.78, 5) is 41.3. The summed E-state index contributed by atoms with van der Waals surface area (Å²) in [6.45, 7) is 3.78. The Morgan fingerprint density at radius 2 is 1.90 bits per heavy atom. The van der Waals surface area contributed by atoms with Gasteiger partial charge in [-0.1, -0.05) is 0 Å². The molecular weight excluding hydrogens is 386 g/mol. The summed E-state index contributed by atoms with van der Waals surface area (Å²) in [5.74, 6) is -0.216. The number of nitrogens with one attached hydrogen (secondary N) is 1. The number of likely N-dealkylation sites (tertiary alicyclic amines) is 1. The lowest BCUT2D eigenvalue weighted by atomic mass is 10.0. The molecule has 4 heterocycles. The van der Waals surface area contributed by atoms with Gasteiger partial charge in [-0.3, -0.25) is 19.1 Å². The summed E-state index contributed by atoms with van der Waals surface area (Å²) < 4.78 is 7.27. The molecule has 0 unspecified atom stereocenters. The molecule has 1 atom stereocenters. The van der Waals surface area contributed by atoms with Gasteiger partial charge in [0.2, 0.25) is 11.8 Å². The molecule has 3 aliphatic rings. The molecule has 3 aliphatic heterocycles. The number of nitrogens with zero attached hydrogens (tertiary/aromatic N) is 4. The van der Waals surface area contributed by atoms with Crippen LogP contribution in [0.1, 0.15) is 60.3 Å². The fourth-order valence-corrected chi connectivity index (χ4v) is 4.55. The fraction of sp³-hybridized carbons (Fsp3) is 0.714. The van der Waals surface area contributed by atoms with Crippen molar-refractivity contribution in [3.05, 3.63) is 17.0 Å². The normalized spacial score (nSPS) is 21.0. The van der Waals surface area contributed by atoms with E-state index in [0.29, 0.717) is 31.7 Å². The van der Waals surface area contributed by atoms with Crippen molar-refractivity contribution in [3.8, 4) is 0 Å². The Labute approximate surface area is 176 Å². The Bertz CT molecular complexity index is 809. The quantitative estimate of drug-likeness (QED) is 0.732. The van der Waals surface area contributed by atoms with Crippen molar-refractivity contribution in [2.24, 2.45) is 7.05 Å². The van der Waals surface area contributed by atoms with E-state index in [1.807, 2.05) is 11.9 Å². The van der Waals surface area contributed by atoms with E-state index in [2.05, 4.69) is 10.4 Å². The van der Waals surface area contributed by atoms with Gasteiger partial charge >= 0.3 is 0 Å². The first-order valence-corrected chi connectivity index (χ1v) is 11.0. The van der Waals surface area contributed by atoms with Crippen LogP contribution in [0.4, 0.5) is 0 Å². The number of amides is 3. The fourth-order valence-electron chi connectivity index (χ4n) is 4.55. The molecule has 1 aromatic heterocycles. The van der Waals surface area contributed by atoms with Crippen LogP contribution < -0.4 is 5.32 Å². The topological polar surface area (TPSA) is 96.8 Å². The second kappa shape index (κ2) is 9.16. The zero-order valence-electron chi connectivity index (χ0n) is 17.7. The zero-order chi connectivity index (χ0) is 21.1. The number of fused-ring (bicyclic) bond motifs is 1. The summed E-state index contributed by atoms with van der Waals surface area (Å²) in [5.41, 5.74) is 2.36. The van der Waals surface area contributed by atoms with Crippen molar-refractivity contribution >= 4 is 17.7 Å². The molecule has 4 rings (SSSR count). The number of aryl methyl sites for hydroxylation is 1. The largest absolute Gasteiger partial charge is 0.376 e. The van der Waals surface area contributed by atoms with Gasteiger partial charge in [-0.25, -0.2) is 0 Å². The lowest BCUT2D eigenvalue weighted by molar-refractivity contribution is -0.134. The van der Waals surface area contributed by atoms with Crippen LogP contribution in [-0.4, -0.2) is 76.2 Å². The van der Waals surface area contributed by atoms with Crippen LogP contribution in [0.2, 0.25) is 0 Å². The van der Waals surface area contributed by atoms with Crippen LogP contribution in [0.15, 0.2) is 0 Å². The number of rotatable bonds is 6. The summed E-state index contributed by atoms with van der Waals surface area (Å²) >= 11 is 0. The van der Waals surface area contributed by atoms with Gasteiger partial charge in [-0.2, -0.15) is 5.10 Å². The van der Waals surface area contributed by atoms with E-state index in [-0.39, 0.29) is 36.7 Å². The van der Waals surface area contributed by atoms with E-state index in [1.54, 1.807) is 9.58 Å². The number of hydrogen-bond donors (Lipinski definition) is 1. The van der Waals surface area contributed by atoms with Crippen molar-refractivity contribution in [1.82, 2.24) is 24.9 Å². The Kier molecular flexibility index (Phi) is 6.36. The van der Waals surface area contributed by atoms with E-state index in [4.69, 9.17) is 4.74 Å². The first kappa shape index (κ1) is 20.8. The van der Waals surface area contributed by atoms with E-state index in [9.17, 15) is 14.4 Å². The van der Waals surface area contributed by atoms with Crippen molar-refractivity contribution in [2.45, 2.75) is 57.6 Å². The molecule has 3 amide bonds. The third kappa shape index (κ3) is 4.50. The lowest BCUT2D eigenvalue weighted by Crippen LogP contribution is -2.38. The maximum Gasteiger partial charge on any atom is 0.274 e. The minimum absolute atomic E-state index is 0.0350. The highest BCUT2D eigenvalue weighted by Gasteiger charge is 2.32. The van der Waals surface area contributed by atoms with Gasteiger partial charge in [0, 0.05) is 76.9 Å². The third-order valence-corrected chi connectivity index (χ3v) is 6.31. The Morgan fingerprint density at radius 3 is 2.63 bits per heavy atom. The van der Waals surface area contributed by atoms with Gasteiger partial charge < -0.3 is 19.9 Å². The number of carbonyl (C=O) groups excluding carboxylic acids is 3. The average molecular weight is 418 g/mol. The number of aromatic nitrogens is 2. The molecular formula is C21H31N5O4. The Balaban J connectivity index is 1.32. The third-order valence-electron chi connectivity index (χ3n) is 6.31. The van der Waals surface area contributed by atoms with E-state index < -0.39 is 0 Å².